The first-order chi connectivity index (χ1) is 15.6. The molecule has 0 bridgehead atoms. The highest BCUT2D eigenvalue weighted by Gasteiger charge is 2.40. The summed E-state index contributed by atoms with van der Waals surface area (Å²) < 4.78 is 66.6. The molecule has 33 heavy (non-hydrogen) atoms. The van der Waals surface area contributed by atoms with E-state index < -0.39 is 32.6 Å². The summed E-state index contributed by atoms with van der Waals surface area (Å²) in [5.74, 6) is -0.800. The monoisotopic (exact) mass is 481 g/mol. The molecule has 2 heterocycles. The van der Waals surface area contributed by atoms with Gasteiger partial charge < -0.3 is 10.6 Å². The van der Waals surface area contributed by atoms with Crippen molar-refractivity contribution in [3.05, 3.63) is 53.6 Å². The number of benzene rings is 2. The Morgan fingerprint density at radius 3 is 2.45 bits per heavy atom. The Morgan fingerprint density at radius 2 is 1.76 bits per heavy atom. The van der Waals surface area contributed by atoms with E-state index in [1.54, 1.807) is 18.2 Å². The summed E-state index contributed by atoms with van der Waals surface area (Å²) in [7, 11) is -4.35. The van der Waals surface area contributed by atoms with E-state index in [-0.39, 0.29) is 37.7 Å². The fourth-order valence-electron chi connectivity index (χ4n) is 4.13. The number of amides is 2. The summed E-state index contributed by atoms with van der Waals surface area (Å²) in [4.78, 5) is 23.4. The predicted octanol–water partition coefficient (Wildman–Crippen LogP) is 3.63. The van der Waals surface area contributed by atoms with Gasteiger partial charge in [-0.3, -0.25) is 9.59 Å². The summed E-state index contributed by atoms with van der Waals surface area (Å²) in [6.07, 6.45) is -3.46. The van der Waals surface area contributed by atoms with Crippen molar-refractivity contribution in [1.82, 2.24) is 4.31 Å². The average molecular weight is 481 g/mol. The highest BCUT2D eigenvalue weighted by Crippen LogP contribution is 2.36. The standard InChI is InChI=1S/C22H22F3N3O4S/c23-22(24,25)17-3-1-2-4-19(17)33(31,32)28-11-9-14(10-12-28)21(30)26-16-6-7-18-15(13-16)5-8-20(29)27-18/h1-4,6-7,13-14H,5,8-12H2,(H,26,30)(H,27,29). The Kier molecular flexibility index (Phi) is 6.19. The molecule has 0 atom stereocenters. The van der Waals surface area contributed by atoms with Gasteiger partial charge >= 0.3 is 6.18 Å². The third kappa shape index (κ3) is 4.88. The van der Waals surface area contributed by atoms with Gasteiger partial charge in [0.25, 0.3) is 0 Å². The Labute approximate surface area is 189 Å². The lowest BCUT2D eigenvalue weighted by Crippen LogP contribution is -2.41. The molecule has 176 valence electrons. The van der Waals surface area contributed by atoms with Crippen LogP contribution in [0.5, 0.6) is 0 Å². The molecule has 2 aliphatic heterocycles. The molecule has 0 aliphatic carbocycles. The highest BCUT2D eigenvalue weighted by atomic mass is 32.2. The fraction of sp³-hybridized carbons (Fsp3) is 0.364. The second kappa shape index (κ2) is 8.79. The van der Waals surface area contributed by atoms with Crippen molar-refractivity contribution in [1.29, 1.82) is 0 Å². The maximum absolute atomic E-state index is 13.3. The first kappa shape index (κ1) is 23.2. The third-order valence-electron chi connectivity index (χ3n) is 5.90. The Morgan fingerprint density at radius 1 is 1.06 bits per heavy atom. The molecule has 0 aromatic heterocycles. The molecule has 0 saturated carbocycles. The number of fused-ring (bicyclic) bond motifs is 1. The number of nitrogens with zero attached hydrogens (tertiary/aromatic N) is 1. The van der Waals surface area contributed by atoms with Crippen molar-refractivity contribution >= 4 is 33.2 Å². The van der Waals surface area contributed by atoms with Gasteiger partial charge in [0, 0.05) is 36.8 Å². The second-order valence-corrected chi connectivity index (χ2v) is 9.99. The van der Waals surface area contributed by atoms with Gasteiger partial charge in [-0.1, -0.05) is 12.1 Å². The van der Waals surface area contributed by atoms with Gasteiger partial charge in [-0.2, -0.15) is 17.5 Å². The van der Waals surface area contributed by atoms with E-state index in [0.29, 0.717) is 24.2 Å². The Bertz CT molecular complexity index is 1190. The van der Waals surface area contributed by atoms with Gasteiger partial charge in [0.1, 0.15) is 0 Å². The van der Waals surface area contributed by atoms with E-state index in [1.807, 2.05) is 0 Å². The largest absolute Gasteiger partial charge is 0.417 e. The normalized spacial score (nSPS) is 17.8. The van der Waals surface area contributed by atoms with Gasteiger partial charge in [-0.05, 0) is 55.2 Å². The van der Waals surface area contributed by atoms with Crippen LogP contribution in [0.1, 0.15) is 30.4 Å². The van der Waals surface area contributed by atoms with Crippen LogP contribution < -0.4 is 10.6 Å². The molecule has 4 rings (SSSR count). The minimum absolute atomic E-state index is 0.0527. The number of hydrogen-bond donors (Lipinski definition) is 2. The minimum atomic E-state index is -4.79. The van der Waals surface area contributed by atoms with Crippen LogP contribution in [-0.2, 0) is 32.2 Å². The van der Waals surface area contributed by atoms with Crippen LogP contribution >= 0.6 is 0 Å². The summed E-state index contributed by atoms with van der Waals surface area (Å²) >= 11 is 0. The molecule has 11 heteroatoms. The van der Waals surface area contributed by atoms with Crippen LogP contribution in [0.3, 0.4) is 0 Å². The first-order valence-electron chi connectivity index (χ1n) is 10.5. The summed E-state index contributed by atoms with van der Waals surface area (Å²) in [5, 5.41) is 5.58. The maximum atomic E-state index is 13.3. The molecule has 2 aromatic carbocycles. The second-order valence-electron chi connectivity index (χ2n) is 8.08. The number of nitrogens with one attached hydrogen (secondary N) is 2. The highest BCUT2D eigenvalue weighted by molar-refractivity contribution is 7.89. The lowest BCUT2D eigenvalue weighted by Gasteiger charge is -2.31. The van der Waals surface area contributed by atoms with Crippen LogP contribution in [0.4, 0.5) is 24.5 Å². The molecular weight excluding hydrogens is 459 g/mol. The van der Waals surface area contributed by atoms with E-state index in [1.165, 1.54) is 6.07 Å². The van der Waals surface area contributed by atoms with Crippen LogP contribution in [0.2, 0.25) is 0 Å². The van der Waals surface area contributed by atoms with Crippen molar-refractivity contribution < 1.29 is 31.2 Å². The zero-order valence-corrected chi connectivity index (χ0v) is 18.3. The van der Waals surface area contributed by atoms with Crippen molar-refractivity contribution in [3.8, 4) is 0 Å². The van der Waals surface area contributed by atoms with E-state index in [4.69, 9.17) is 0 Å². The first-order valence-corrected chi connectivity index (χ1v) is 11.9. The van der Waals surface area contributed by atoms with Crippen LogP contribution in [0.15, 0.2) is 47.4 Å². The minimum Gasteiger partial charge on any atom is -0.326 e. The molecular formula is C22H22F3N3O4S. The van der Waals surface area contributed by atoms with E-state index in [0.717, 1.165) is 28.1 Å². The zero-order valence-electron chi connectivity index (χ0n) is 17.5. The smallest absolute Gasteiger partial charge is 0.326 e. The number of carbonyl (C=O) groups excluding carboxylic acids is 2. The molecule has 2 N–H and O–H groups in total. The average Bonchev–Trinajstić information content (AvgIpc) is 2.78. The van der Waals surface area contributed by atoms with Gasteiger partial charge in [0.05, 0.1) is 10.5 Å². The van der Waals surface area contributed by atoms with Gasteiger partial charge in [0.2, 0.25) is 21.8 Å². The quantitative estimate of drug-likeness (QED) is 0.697. The number of carbonyl (C=O) groups is 2. The lowest BCUT2D eigenvalue weighted by atomic mass is 9.97. The third-order valence-corrected chi connectivity index (χ3v) is 7.86. The van der Waals surface area contributed by atoms with Gasteiger partial charge in [0.15, 0.2) is 0 Å². The van der Waals surface area contributed by atoms with Gasteiger partial charge in [-0.25, -0.2) is 8.42 Å². The number of hydrogen-bond acceptors (Lipinski definition) is 4. The lowest BCUT2D eigenvalue weighted by molar-refractivity contribution is -0.140. The number of alkyl halides is 3. The summed E-state index contributed by atoms with van der Waals surface area (Å²) in [6, 6.07) is 9.29. The van der Waals surface area contributed by atoms with Crippen LogP contribution in [0.25, 0.3) is 0 Å². The maximum Gasteiger partial charge on any atom is 0.417 e. The van der Waals surface area contributed by atoms with Crippen molar-refractivity contribution in [3.63, 3.8) is 0 Å². The molecule has 0 unspecified atom stereocenters. The number of anilines is 2. The van der Waals surface area contributed by atoms with Crippen molar-refractivity contribution in [2.75, 3.05) is 23.7 Å². The topological polar surface area (TPSA) is 95.6 Å². The zero-order chi connectivity index (χ0) is 23.8. The molecule has 2 amide bonds. The summed E-state index contributed by atoms with van der Waals surface area (Å²) in [6.45, 7) is -0.105. The van der Waals surface area contributed by atoms with E-state index in [2.05, 4.69) is 10.6 Å². The number of halogens is 3. The SMILES string of the molecule is O=C1CCc2cc(NC(=O)C3CCN(S(=O)(=O)c4ccccc4C(F)(F)F)CC3)ccc2N1. The van der Waals surface area contributed by atoms with Gasteiger partial charge in [-0.15, -0.1) is 0 Å². The molecule has 1 saturated heterocycles. The molecule has 0 radical (unpaired) electrons. The molecule has 2 aliphatic rings. The van der Waals surface area contributed by atoms with Crippen LogP contribution in [-0.4, -0.2) is 37.6 Å². The van der Waals surface area contributed by atoms with Crippen molar-refractivity contribution in [2.24, 2.45) is 5.92 Å². The molecule has 7 nitrogen and oxygen atoms in total. The van der Waals surface area contributed by atoms with E-state index in [9.17, 15) is 31.2 Å². The Balaban J connectivity index is 1.41. The molecule has 0 spiro atoms. The number of rotatable bonds is 4. The predicted molar refractivity (Wildman–Crippen MR) is 115 cm³/mol. The van der Waals surface area contributed by atoms with Crippen molar-refractivity contribution in [2.45, 2.75) is 36.8 Å². The number of aryl methyl sites for hydroxylation is 1. The number of piperidine rings is 1. The fourth-order valence-corrected chi connectivity index (χ4v) is 5.81. The van der Waals surface area contributed by atoms with E-state index >= 15 is 0 Å². The number of sulfonamides is 1. The molecule has 1 fully saturated rings. The summed E-state index contributed by atoms with van der Waals surface area (Å²) in [5.41, 5.74) is 0.996. The molecule has 2 aromatic rings. The van der Waals surface area contributed by atoms with Crippen LogP contribution in [0, 0.1) is 5.92 Å². The Hall–Kier alpha value is -2.92.